The molecular formula is C12H13F3N2O3. The van der Waals surface area contributed by atoms with Gasteiger partial charge in [-0.05, 0) is 25.0 Å². The highest BCUT2D eigenvalue weighted by atomic mass is 19.4. The normalized spacial score (nSPS) is 20.0. The number of aliphatic hydroxyl groups is 1. The lowest BCUT2D eigenvalue weighted by Gasteiger charge is -2.32. The predicted octanol–water partition coefficient (Wildman–Crippen LogP) is 2.57. The number of nitrogens with zero attached hydrogens (tertiary/aromatic N) is 2. The summed E-state index contributed by atoms with van der Waals surface area (Å²) in [6.45, 7) is 0.751. The molecule has 1 saturated heterocycles. The van der Waals surface area contributed by atoms with Crippen LogP contribution in [0.25, 0.3) is 0 Å². The van der Waals surface area contributed by atoms with Gasteiger partial charge in [0.05, 0.1) is 11.0 Å². The first-order valence-electron chi connectivity index (χ1n) is 6.07. The molecule has 110 valence electrons. The van der Waals surface area contributed by atoms with Crippen LogP contribution in [0.5, 0.6) is 0 Å². The Hall–Kier alpha value is -1.83. The summed E-state index contributed by atoms with van der Waals surface area (Å²) in [6, 6.07) is 2.92. The van der Waals surface area contributed by atoms with Crippen LogP contribution in [0.15, 0.2) is 18.2 Å². The molecule has 2 rings (SSSR count). The van der Waals surface area contributed by atoms with Crippen molar-refractivity contribution < 1.29 is 23.2 Å². The van der Waals surface area contributed by atoms with Gasteiger partial charge in [0.2, 0.25) is 0 Å². The Morgan fingerprint density at radius 1 is 1.40 bits per heavy atom. The third-order valence-corrected chi connectivity index (χ3v) is 3.24. The van der Waals surface area contributed by atoms with E-state index in [4.69, 9.17) is 0 Å². The molecule has 20 heavy (non-hydrogen) atoms. The summed E-state index contributed by atoms with van der Waals surface area (Å²) in [4.78, 5) is 11.2. The fourth-order valence-electron chi connectivity index (χ4n) is 2.30. The van der Waals surface area contributed by atoms with Crippen LogP contribution in [0.3, 0.4) is 0 Å². The second-order valence-corrected chi connectivity index (χ2v) is 4.70. The summed E-state index contributed by atoms with van der Waals surface area (Å²) >= 11 is 0. The van der Waals surface area contributed by atoms with E-state index in [1.807, 2.05) is 0 Å². The minimum absolute atomic E-state index is 0.231. The lowest BCUT2D eigenvalue weighted by molar-refractivity contribution is -0.388. The third kappa shape index (κ3) is 3.01. The van der Waals surface area contributed by atoms with Gasteiger partial charge < -0.3 is 10.0 Å². The monoisotopic (exact) mass is 290 g/mol. The molecule has 0 spiro atoms. The van der Waals surface area contributed by atoms with Crippen molar-refractivity contribution in [2.45, 2.75) is 25.1 Å². The molecule has 1 aromatic rings. The van der Waals surface area contributed by atoms with Gasteiger partial charge in [0, 0.05) is 24.8 Å². The number of alkyl halides is 3. The lowest BCUT2D eigenvalue weighted by atomic mass is 10.1. The Balaban J connectivity index is 2.39. The predicted molar refractivity (Wildman–Crippen MR) is 65.6 cm³/mol. The van der Waals surface area contributed by atoms with Gasteiger partial charge in [0.1, 0.15) is 5.56 Å². The Morgan fingerprint density at radius 2 is 2.10 bits per heavy atom. The summed E-state index contributed by atoms with van der Waals surface area (Å²) in [7, 11) is 0. The largest absolute Gasteiger partial charge is 0.423 e. The van der Waals surface area contributed by atoms with Gasteiger partial charge in [0.15, 0.2) is 0 Å². The number of rotatable bonds is 2. The summed E-state index contributed by atoms with van der Waals surface area (Å²) < 4.78 is 38.6. The van der Waals surface area contributed by atoms with E-state index in [1.54, 1.807) is 4.90 Å². The molecule has 1 aliphatic rings. The molecule has 5 nitrogen and oxygen atoms in total. The molecule has 0 unspecified atom stereocenters. The molecule has 1 aromatic carbocycles. The van der Waals surface area contributed by atoms with Crippen LogP contribution in [0, 0.1) is 10.1 Å². The molecule has 0 amide bonds. The first-order chi connectivity index (χ1) is 9.29. The minimum Gasteiger partial charge on any atom is -0.391 e. The number of nitro groups is 1. The van der Waals surface area contributed by atoms with E-state index in [-0.39, 0.29) is 12.2 Å². The van der Waals surface area contributed by atoms with E-state index in [2.05, 4.69) is 0 Å². The summed E-state index contributed by atoms with van der Waals surface area (Å²) in [5, 5.41) is 20.2. The minimum atomic E-state index is -4.78. The van der Waals surface area contributed by atoms with E-state index >= 15 is 0 Å². The van der Waals surface area contributed by atoms with Crippen LogP contribution >= 0.6 is 0 Å². The smallest absolute Gasteiger partial charge is 0.391 e. The van der Waals surface area contributed by atoms with Crippen molar-refractivity contribution in [1.82, 2.24) is 0 Å². The summed E-state index contributed by atoms with van der Waals surface area (Å²) in [5.41, 5.74) is -1.99. The van der Waals surface area contributed by atoms with Crippen LogP contribution in [0.1, 0.15) is 18.4 Å². The molecule has 0 aliphatic carbocycles. The first kappa shape index (κ1) is 14.6. The molecule has 1 heterocycles. The fraction of sp³-hybridized carbons (Fsp3) is 0.500. The number of anilines is 1. The summed E-state index contributed by atoms with van der Waals surface area (Å²) in [5.74, 6) is 0. The number of β-amino-alcohol motifs (C(OH)–C–C–N with tert-alkyl or cyclic N) is 1. The molecule has 0 aromatic heterocycles. The van der Waals surface area contributed by atoms with Gasteiger partial charge >= 0.3 is 6.18 Å². The standard InChI is InChI=1S/C12H13F3N2O3/c13-12(14,15)10-6-8(3-4-11(10)17(19)20)16-5-1-2-9(18)7-16/h3-4,6,9,18H,1-2,5,7H2/t9-/m0/s1. The number of aliphatic hydroxyl groups excluding tert-OH is 1. The van der Waals surface area contributed by atoms with E-state index in [9.17, 15) is 28.4 Å². The van der Waals surface area contributed by atoms with Gasteiger partial charge in [-0.25, -0.2) is 0 Å². The molecule has 1 N–H and O–H groups in total. The molecule has 1 fully saturated rings. The van der Waals surface area contributed by atoms with Gasteiger partial charge in [-0.1, -0.05) is 0 Å². The highest BCUT2D eigenvalue weighted by Gasteiger charge is 2.39. The number of piperidine rings is 1. The average Bonchev–Trinajstić information content (AvgIpc) is 2.37. The SMILES string of the molecule is O=[N+]([O-])c1ccc(N2CCC[C@H](O)C2)cc1C(F)(F)F. The van der Waals surface area contributed by atoms with Crippen molar-refractivity contribution in [3.63, 3.8) is 0 Å². The first-order valence-corrected chi connectivity index (χ1v) is 6.07. The second kappa shape index (κ2) is 5.28. The maximum atomic E-state index is 12.9. The molecule has 0 saturated carbocycles. The zero-order valence-corrected chi connectivity index (χ0v) is 10.4. The van der Waals surface area contributed by atoms with Crippen molar-refractivity contribution >= 4 is 11.4 Å². The van der Waals surface area contributed by atoms with Crippen LogP contribution in [-0.4, -0.2) is 29.2 Å². The number of halogens is 3. The van der Waals surface area contributed by atoms with Gasteiger partial charge in [-0.2, -0.15) is 13.2 Å². The maximum Gasteiger partial charge on any atom is 0.423 e. The quantitative estimate of drug-likeness (QED) is 0.671. The molecule has 0 bridgehead atoms. The Labute approximate surface area is 112 Å². The van der Waals surface area contributed by atoms with Crippen molar-refractivity contribution in [3.05, 3.63) is 33.9 Å². The number of benzene rings is 1. The topological polar surface area (TPSA) is 66.6 Å². The van der Waals surface area contributed by atoms with Crippen LogP contribution in [0.4, 0.5) is 24.5 Å². The van der Waals surface area contributed by atoms with Crippen molar-refractivity contribution in [2.24, 2.45) is 0 Å². The zero-order valence-electron chi connectivity index (χ0n) is 10.4. The van der Waals surface area contributed by atoms with Crippen molar-refractivity contribution in [2.75, 3.05) is 18.0 Å². The lowest BCUT2D eigenvalue weighted by Crippen LogP contribution is -2.38. The van der Waals surface area contributed by atoms with Crippen LogP contribution < -0.4 is 4.90 Å². The average molecular weight is 290 g/mol. The number of nitro benzene ring substituents is 1. The molecular weight excluding hydrogens is 277 g/mol. The molecule has 8 heteroatoms. The number of hydrogen-bond acceptors (Lipinski definition) is 4. The number of hydrogen-bond donors (Lipinski definition) is 1. The van der Waals surface area contributed by atoms with Gasteiger partial charge in [-0.3, -0.25) is 10.1 Å². The van der Waals surface area contributed by atoms with E-state index < -0.39 is 28.5 Å². The Kier molecular flexibility index (Phi) is 3.85. The molecule has 0 radical (unpaired) electrons. The molecule has 1 atom stereocenters. The fourth-order valence-corrected chi connectivity index (χ4v) is 2.30. The highest BCUT2D eigenvalue weighted by molar-refractivity contribution is 5.57. The Morgan fingerprint density at radius 3 is 2.65 bits per heavy atom. The van der Waals surface area contributed by atoms with Gasteiger partial charge in [0.25, 0.3) is 5.69 Å². The van der Waals surface area contributed by atoms with Crippen molar-refractivity contribution in [1.29, 1.82) is 0 Å². The highest BCUT2D eigenvalue weighted by Crippen LogP contribution is 2.38. The van der Waals surface area contributed by atoms with E-state index in [0.29, 0.717) is 19.4 Å². The zero-order chi connectivity index (χ0) is 14.9. The van der Waals surface area contributed by atoms with Crippen LogP contribution in [0.2, 0.25) is 0 Å². The van der Waals surface area contributed by atoms with Crippen LogP contribution in [-0.2, 0) is 6.18 Å². The maximum absolute atomic E-state index is 12.9. The van der Waals surface area contributed by atoms with E-state index in [1.165, 1.54) is 6.07 Å². The molecule has 1 aliphatic heterocycles. The summed E-state index contributed by atoms with van der Waals surface area (Å²) in [6.07, 6.45) is -4.10. The third-order valence-electron chi connectivity index (χ3n) is 3.24. The Bertz CT molecular complexity index is 519. The van der Waals surface area contributed by atoms with E-state index in [0.717, 1.165) is 12.1 Å². The second-order valence-electron chi connectivity index (χ2n) is 4.70. The van der Waals surface area contributed by atoms with Gasteiger partial charge in [-0.15, -0.1) is 0 Å². The van der Waals surface area contributed by atoms with Crippen molar-refractivity contribution in [3.8, 4) is 0 Å².